The third kappa shape index (κ3) is 4.62. The lowest BCUT2D eigenvalue weighted by Crippen LogP contribution is -2.16. The zero-order chi connectivity index (χ0) is 22.9. The van der Waals surface area contributed by atoms with Crippen LogP contribution >= 0.6 is 0 Å². The molecule has 2 aromatic carbocycles. The van der Waals surface area contributed by atoms with Gasteiger partial charge in [0.15, 0.2) is 0 Å². The Balaban J connectivity index is 1.94. The van der Waals surface area contributed by atoms with Crippen LogP contribution < -0.4 is 4.74 Å². The van der Waals surface area contributed by atoms with Crippen molar-refractivity contribution >= 4 is 11.5 Å². The van der Waals surface area contributed by atoms with Crippen LogP contribution in [0.4, 0.5) is 22.0 Å². The maximum Gasteiger partial charge on any atom is 0.416 e. The van der Waals surface area contributed by atoms with Gasteiger partial charge in [-0.05, 0) is 42.8 Å². The van der Waals surface area contributed by atoms with E-state index in [4.69, 9.17) is 10.1 Å². The molecule has 3 aromatic rings. The number of aryl methyl sites for hydroxylation is 2. The second-order valence-electron chi connectivity index (χ2n) is 6.68. The van der Waals surface area contributed by atoms with E-state index in [1.54, 1.807) is 6.07 Å². The van der Waals surface area contributed by atoms with Crippen LogP contribution in [-0.2, 0) is 13.2 Å². The lowest BCUT2D eigenvalue weighted by atomic mass is 10.0. The van der Waals surface area contributed by atoms with E-state index in [-0.39, 0.29) is 22.6 Å². The van der Waals surface area contributed by atoms with E-state index < -0.39 is 40.9 Å². The van der Waals surface area contributed by atoms with Crippen LogP contribution in [-0.4, -0.2) is 21.3 Å². The topological polar surface area (TPSA) is 68.0 Å². The van der Waals surface area contributed by atoms with Gasteiger partial charge in [-0.3, -0.25) is 14.9 Å². The number of rotatable bonds is 6. The number of nitrogens with one attached hydrogen (secondary N) is 1. The summed E-state index contributed by atoms with van der Waals surface area (Å²) in [6.45, 7) is 1.42. The van der Waals surface area contributed by atoms with Crippen molar-refractivity contribution in [2.24, 2.45) is 7.05 Å². The maximum atomic E-state index is 13.2. The van der Waals surface area contributed by atoms with Gasteiger partial charge in [-0.2, -0.15) is 18.3 Å². The molecule has 1 N–H and O–H groups in total. The molecule has 0 radical (unpaired) electrons. The minimum atomic E-state index is -4.51. The molecule has 10 heteroatoms. The lowest BCUT2D eigenvalue weighted by Gasteiger charge is -2.15. The number of aromatic nitrogens is 2. The summed E-state index contributed by atoms with van der Waals surface area (Å²) in [4.78, 5) is 12.7. The number of benzene rings is 2. The average molecular weight is 437 g/mol. The zero-order valence-electron chi connectivity index (χ0n) is 16.3. The number of Topliss-reactive ketones (excluding diaryl/α,β-unsaturated/α-hetero) is 1. The summed E-state index contributed by atoms with van der Waals surface area (Å²) in [6, 6.07) is 8.77. The molecule has 0 aliphatic heterocycles. The van der Waals surface area contributed by atoms with E-state index in [0.29, 0.717) is 0 Å². The standard InChI is InChI=1S/C21H16F5N3O2/c1-11-9-12(21(24,25)26)7-8-15(11)31-16-6-4-3-5-13(16)17(27)19(30)14-10-29(2)28-18(14)20(22)23/h3-10,20,27H,1-2H3. The maximum absolute atomic E-state index is 13.2. The van der Waals surface area contributed by atoms with Crippen LogP contribution in [0.15, 0.2) is 48.7 Å². The molecule has 0 bridgehead atoms. The van der Waals surface area contributed by atoms with Crippen LogP contribution in [0.5, 0.6) is 11.5 Å². The number of ether oxygens (including phenoxy) is 1. The van der Waals surface area contributed by atoms with Crippen molar-refractivity contribution in [3.63, 3.8) is 0 Å². The second-order valence-corrected chi connectivity index (χ2v) is 6.68. The number of hydrogen-bond donors (Lipinski definition) is 1. The van der Waals surface area contributed by atoms with E-state index in [9.17, 15) is 26.7 Å². The average Bonchev–Trinajstić information content (AvgIpc) is 3.10. The van der Waals surface area contributed by atoms with Crippen molar-refractivity contribution in [1.82, 2.24) is 9.78 Å². The van der Waals surface area contributed by atoms with Crippen molar-refractivity contribution < 1.29 is 31.5 Å². The van der Waals surface area contributed by atoms with Crippen LogP contribution in [0.1, 0.15) is 39.2 Å². The van der Waals surface area contributed by atoms with Crippen molar-refractivity contribution in [3.8, 4) is 11.5 Å². The van der Waals surface area contributed by atoms with Crippen molar-refractivity contribution in [2.45, 2.75) is 19.5 Å². The number of ketones is 1. The molecule has 0 atom stereocenters. The molecular formula is C21H16F5N3O2. The minimum absolute atomic E-state index is 0.00383. The Morgan fingerprint density at radius 3 is 2.39 bits per heavy atom. The fourth-order valence-electron chi connectivity index (χ4n) is 2.92. The first kappa shape index (κ1) is 22.1. The van der Waals surface area contributed by atoms with Gasteiger partial charge in [-0.15, -0.1) is 0 Å². The van der Waals surface area contributed by atoms with E-state index >= 15 is 0 Å². The highest BCUT2D eigenvalue weighted by Crippen LogP contribution is 2.35. The molecule has 162 valence electrons. The van der Waals surface area contributed by atoms with Crippen molar-refractivity contribution in [2.75, 3.05) is 0 Å². The highest BCUT2D eigenvalue weighted by atomic mass is 19.4. The molecule has 0 aliphatic rings. The Morgan fingerprint density at radius 2 is 1.77 bits per heavy atom. The lowest BCUT2D eigenvalue weighted by molar-refractivity contribution is -0.137. The smallest absolute Gasteiger partial charge is 0.416 e. The highest BCUT2D eigenvalue weighted by molar-refractivity contribution is 6.51. The molecule has 3 rings (SSSR count). The summed E-state index contributed by atoms with van der Waals surface area (Å²) in [6.07, 6.45) is -6.42. The van der Waals surface area contributed by atoms with Gasteiger partial charge < -0.3 is 4.74 Å². The summed E-state index contributed by atoms with van der Waals surface area (Å²) >= 11 is 0. The predicted octanol–water partition coefficient (Wildman–Crippen LogP) is 5.73. The zero-order valence-corrected chi connectivity index (χ0v) is 16.3. The summed E-state index contributed by atoms with van der Waals surface area (Å²) in [5, 5.41) is 11.8. The first-order valence-electron chi connectivity index (χ1n) is 8.89. The molecule has 0 saturated heterocycles. The molecule has 0 fully saturated rings. The summed E-state index contributed by atoms with van der Waals surface area (Å²) in [7, 11) is 1.37. The fourth-order valence-corrected chi connectivity index (χ4v) is 2.92. The number of para-hydroxylation sites is 1. The summed E-state index contributed by atoms with van der Waals surface area (Å²) < 4.78 is 71.7. The van der Waals surface area contributed by atoms with E-state index in [2.05, 4.69) is 5.10 Å². The van der Waals surface area contributed by atoms with Crippen LogP contribution in [0.25, 0.3) is 0 Å². The van der Waals surface area contributed by atoms with Gasteiger partial charge in [-0.1, -0.05) is 12.1 Å². The van der Waals surface area contributed by atoms with Gasteiger partial charge in [0.2, 0.25) is 5.78 Å². The van der Waals surface area contributed by atoms with Crippen LogP contribution in [0.3, 0.4) is 0 Å². The van der Waals surface area contributed by atoms with Gasteiger partial charge in [0.25, 0.3) is 6.43 Å². The van der Waals surface area contributed by atoms with Crippen LogP contribution in [0, 0.1) is 12.3 Å². The molecular weight excluding hydrogens is 421 g/mol. The monoisotopic (exact) mass is 437 g/mol. The fraction of sp³-hybridized carbons (Fsp3) is 0.190. The SMILES string of the molecule is Cc1cc(C(F)(F)F)ccc1Oc1ccccc1C(=N)C(=O)c1cn(C)nc1C(F)F. The number of carbonyl (C=O) groups excluding carboxylic acids is 1. The molecule has 0 aliphatic carbocycles. The predicted molar refractivity (Wildman–Crippen MR) is 102 cm³/mol. The first-order valence-corrected chi connectivity index (χ1v) is 8.89. The van der Waals surface area contributed by atoms with Crippen molar-refractivity contribution in [3.05, 3.63) is 76.6 Å². The first-order chi connectivity index (χ1) is 14.5. The number of alkyl halides is 5. The van der Waals surface area contributed by atoms with Gasteiger partial charge in [0.1, 0.15) is 22.9 Å². The van der Waals surface area contributed by atoms with E-state index in [1.807, 2.05) is 0 Å². The number of halogens is 5. The molecule has 0 unspecified atom stereocenters. The molecule has 5 nitrogen and oxygen atoms in total. The highest BCUT2D eigenvalue weighted by Gasteiger charge is 2.31. The Labute approximate surface area is 173 Å². The Morgan fingerprint density at radius 1 is 1.10 bits per heavy atom. The minimum Gasteiger partial charge on any atom is -0.456 e. The van der Waals surface area contributed by atoms with Gasteiger partial charge in [0, 0.05) is 18.8 Å². The largest absolute Gasteiger partial charge is 0.456 e. The Kier molecular flexibility index (Phi) is 5.92. The third-order valence-electron chi connectivity index (χ3n) is 4.41. The van der Waals surface area contributed by atoms with Gasteiger partial charge >= 0.3 is 6.18 Å². The third-order valence-corrected chi connectivity index (χ3v) is 4.41. The molecule has 1 aromatic heterocycles. The summed E-state index contributed by atoms with van der Waals surface area (Å²) in [5.41, 5.74) is -2.43. The molecule has 0 saturated carbocycles. The van der Waals surface area contributed by atoms with Gasteiger partial charge in [0.05, 0.1) is 11.1 Å². The molecule has 1 heterocycles. The van der Waals surface area contributed by atoms with E-state index in [1.165, 1.54) is 32.2 Å². The van der Waals surface area contributed by atoms with E-state index in [0.717, 1.165) is 29.1 Å². The van der Waals surface area contributed by atoms with Crippen molar-refractivity contribution in [1.29, 1.82) is 5.41 Å². The normalized spacial score (nSPS) is 11.6. The molecule has 0 spiro atoms. The van der Waals surface area contributed by atoms with Crippen LogP contribution in [0.2, 0.25) is 0 Å². The Bertz CT molecular complexity index is 1150. The summed E-state index contributed by atoms with van der Waals surface area (Å²) in [5.74, 6) is -0.870. The molecule has 0 amide bonds. The number of hydrogen-bond acceptors (Lipinski definition) is 4. The molecule has 31 heavy (non-hydrogen) atoms. The Hall–Kier alpha value is -3.56. The quantitative estimate of drug-likeness (QED) is 0.304. The second kappa shape index (κ2) is 8.29. The van der Waals surface area contributed by atoms with Gasteiger partial charge in [-0.25, -0.2) is 8.78 Å². The number of nitrogens with zero attached hydrogens (tertiary/aromatic N) is 2. The number of carbonyl (C=O) groups is 1.